The molecule has 3 rings (SSSR count). The van der Waals surface area contributed by atoms with Gasteiger partial charge in [-0.2, -0.15) is 13.2 Å². The van der Waals surface area contributed by atoms with Gasteiger partial charge in [-0.3, -0.25) is 9.36 Å². The summed E-state index contributed by atoms with van der Waals surface area (Å²) in [5.74, 6) is -0.957. The third-order valence-electron chi connectivity index (χ3n) is 4.11. The molecule has 11 heteroatoms. The smallest absolute Gasteiger partial charge is 0.324 e. The second-order valence-electron chi connectivity index (χ2n) is 6.20. The van der Waals surface area contributed by atoms with Crippen LogP contribution in [-0.2, 0) is 23.9 Å². The predicted octanol–water partition coefficient (Wildman–Crippen LogP) is 4.22. The van der Waals surface area contributed by atoms with Crippen LogP contribution in [0.4, 0.5) is 18.9 Å². The Morgan fingerprint density at radius 3 is 2.60 bits per heavy atom. The van der Waals surface area contributed by atoms with Gasteiger partial charge < -0.3 is 5.32 Å². The molecule has 1 aromatic heterocycles. The van der Waals surface area contributed by atoms with E-state index in [-0.39, 0.29) is 15.9 Å². The summed E-state index contributed by atoms with van der Waals surface area (Å²) in [5, 5.41) is 8.45. The van der Waals surface area contributed by atoms with Crippen molar-refractivity contribution in [2.75, 3.05) is 11.1 Å². The van der Waals surface area contributed by atoms with E-state index in [0.29, 0.717) is 13.0 Å². The molecule has 0 radical (unpaired) electrons. The summed E-state index contributed by atoms with van der Waals surface area (Å²) in [6.45, 7) is 0.339. The van der Waals surface area contributed by atoms with Crippen molar-refractivity contribution < 1.29 is 18.0 Å². The summed E-state index contributed by atoms with van der Waals surface area (Å²) in [6.07, 6.45) is -4.09. The van der Waals surface area contributed by atoms with Gasteiger partial charge in [0.2, 0.25) is 5.91 Å². The molecule has 0 aliphatic rings. The number of rotatable bonds is 7. The maximum absolute atomic E-state index is 13.1. The molecule has 2 aromatic carbocycles. The Morgan fingerprint density at radius 1 is 1.17 bits per heavy atom. The lowest BCUT2D eigenvalue weighted by Gasteiger charge is -2.15. The molecule has 2 N–H and O–H groups in total. The van der Waals surface area contributed by atoms with E-state index in [2.05, 4.69) is 15.5 Å². The van der Waals surface area contributed by atoms with E-state index in [1.54, 1.807) is 0 Å². The highest BCUT2D eigenvalue weighted by Gasteiger charge is 2.34. The number of nitrogens with zero attached hydrogens (tertiary/aromatic N) is 2. The number of hydrogen-bond donors (Lipinski definition) is 2. The molecule has 0 aliphatic carbocycles. The van der Waals surface area contributed by atoms with Crippen LogP contribution < -0.4 is 11.0 Å². The van der Waals surface area contributed by atoms with Crippen LogP contribution in [0.25, 0.3) is 0 Å². The van der Waals surface area contributed by atoms with Crippen LogP contribution in [0.15, 0.2) is 58.5 Å². The standard InChI is InChI=1S/C19H16ClF3N4O2S/c20-14-8-4-7-13(19(21,22)23)16(14)24-15(28)11-30-18-26-25-17(29)27(18)10-9-12-5-2-1-3-6-12/h1-8H,9-11H2,(H,24,28)(H,25,29). The van der Waals surface area contributed by atoms with E-state index in [9.17, 15) is 22.8 Å². The quantitative estimate of drug-likeness (QED) is 0.522. The van der Waals surface area contributed by atoms with E-state index >= 15 is 0 Å². The third kappa shape index (κ3) is 5.45. The molecule has 0 atom stereocenters. The van der Waals surface area contributed by atoms with Gasteiger partial charge in [-0.1, -0.05) is 59.8 Å². The first-order chi connectivity index (χ1) is 14.3. The minimum Gasteiger partial charge on any atom is -0.324 e. The summed E-state index contributed by atoms with van der Waals surface area (Å²) in [7, 11) is 0. The number of carbonyl (C=O) groups excluding carboxylic acids is 1. The van der Waals surface area contributed by atoms with Gasteiger partial charge in [-0.15, -0.1) is 5.10 Å². The monoisotopic (exact) mass is 456 g/mol. The normalized spacial score (nSPS) is 11.5. The number of amides is 1. The molecular weight excluding hydrogens is 441 g/mol. The zero-order valence-electron chi connectivity index (χ0n) is 15.4. The summed E-state index contributed by atoms with van der Waals surface area (Å²) < 4.78 is 40.8. The lowest BCUT2D eigenvalue weighted by molar-refractivity contribution is -0.137. The van der Waals surface area contributed by atoms with E-state index in [0.717, 1.165) is 29.5 Å². The van der Waals surface area contributed by atoms with Gasteiger partial charge >= 0.3 is 11.9 Å². The van der Waals surface area contributed by atoms with Crippen molar-refractivity contribution in [1.29, 1.82) is 0 Å². The van der Waals surface area contributed by atoms with Crippen molar-refractivity contribution in [3.63, 3.8) is 0 Å². The van der Waals surface area contributed by atoms with Gasteiger partial charge in [-0.05, 0) is 24.1 Å². The fourth-order valence-electron chi connectivity index (χ4n) is 2.69. The zero-order valence-corrected chi connectivity index (χ0v) is 16.9. The first-order valence-corrected chi connectivity index (χ1v) is 10.1. The summed E-state index contributed by atoms with van der Waals surface area (Å²) in [5.41, 5.74) is -0.939. The molecule has 6 nitrogen and oxygen atoms in total. The molecule has 0 aliphatic heterocycles. The van der Waals surface area contributed by atoms with Crippen molar-refractivity contribution in [3.8, 4) is 0 Å². The average Bonchev–Trinajstić information content (AvgIpc) is 3.06. The van der Waals surface area contributed by atoms with Gasteiger partial charge in [0.25, 0.3) is 0 Å². The van der Waals surface area contributed by atoms with Crippen LogP contribution in [0, 0.1) is 0 Å². The largest absolute Gasteiger partial charge is 0.418 e. The highest BCUT2D eigenvalue weighted by Crippen LogP contribution is 2.38. The van der Waals surface area contributed by atoms with Gasteiger partial charge in [0.05, 0.1) is 22.0 Å². The molecule has 158 valence electrons. The van der Waals surface area contributed by atoms with E-state index < -0.39 is 29.0 Å². The first kappa shape index (κ1) is 22.0. The molecular formula is C19H16ClF3N4O2S. The van der Waals surface area contributed by atoms with Gasteiger partial charge in [-0.25, -0.2) is 9.89 Å². The number of H-pyrrole nitrogens is 1. The fourth-order valence-corrected chi connectivity index (χ4v) is 3.68. The van der Waals surface area contributed by atoms with Crippen LogP contribution in [0.2, 0.25) is 5.02 Å². The molecule has 0 saturated carbocycles. The molecule has 1 heterocycles. The second-order valence-corrected chi connectivity index (χ2v) is 7.55. The minimum atomic E-state index is -4.67. The zero-order chi connectivity index (χ0) is 21.7. The fraction of sp³-hybridized carbons (Fsp3) is 0.211. The average molecular weight is 457 g/mol. The second kappa shape index (κ2) is 9.40. The Labute approximate surface area is 178 Å². The Morgan fingerprint density at radius 2 is 1.90 bits per heavy atom. The maximum Gasteiger partial charge on any atom is 0.418 e. The maximum atomic E-state index is 13.1. The van der Waals surface area contributed by atoms with E-state index in [1.807, 2.05) is 30.3 Å². The highest BCUT2D eigenvalue weighted by molar-refractivity contribution is 7.99. The number of benzene rings is 2. The van der Waals surface area contributed by atoms with Crippen LogP contribution in [0.1, 0.15) is 11.1 Å². The number of aromatic amines is 1. The molecule has 0 saturated heterocycles. The van der Waals surface area contributed by atoms with Crippen LogP contribution in [0.3, 0.4) is 0 Å². The van der Waals surface area contributed by atoms with Crippen molar-refractivity contribution in [1.82, 2.24) is 14.8 Å². The summed E-state index contributed by atoms with van der Waals surface area (Å²) in [4.78, 5) is 24.2. The van der Waals surface area contributed by atoms with Crippen molar-refractivity contribution in [2.24, 2.45) is 0 Å². The number of halogens is 4. The molecule has 0 bridgehead atoms. The van der Waals surface area contributed by atoms with Crippen LogP contribution in [0.5, 0.6) is 0 Å². The van der Waals surface area contributed by atoms with Crippen molar-refractivity contribution in [3.05, 3.63) is 75.2 Å². The number of aromatic nitrogens is 3. The predicted molar refractivity (Wildman–Crippen MR) is 109 cm³/mol. The summed E-state index contributed by atoms with van der Waals surface area (Å²) >= 11 is 6.77. The van der Waals surface area contributed by atoms with Crippen molar-refractivity contribution >= 4 is 35.0 Å². The van der Waals surface area contributed by atoms with Gasteiger partial charge in [0.15, 0.2) is 5.16 Å². The number of para-hydroxylation sites is 1. The van der Waals surface area contributed by atoms with Crippen LogP contribution in [-0.4, -0.2) is 26.4 Å². The number of aryl methyl sites for hydroxylation is 1. The number of hydrogen-bond acceptors (Lipinski definition) is 4. The Hall–Kier alpha value is -2.72. The van der Waals surface area contributed by atoms with Crippen molar-refractivity contribution in [2.45, 2.75) is 24.3 Å². The Kier molecular flexibility index (Phi) is 6.88. The molecule has 0 spiro atoms. The SMILES string of the molecule is O=C(CSc1n[nH]c(=O)n1CCc1ccccc1)Nc1c(Cl)cccc1C(F)(F)F. The molecule has 3 aromatic rings. The Balaban J connectivity index is 1.66. The van der Waals surface area contributed by atoms with Gasteiger partial charge in [0.1, 0.15) is 0 Å². The first-order valence-electron chi connectivity index (χ1n) is 8.73. The lowest BCUT2D eigenvalue weighted by Crippen LogP contribution is -2.21. The molecule has 0 fully saturated rings. The third-order valence-corrected chi connectivity index (χ3v) is 5.40. The van der Waals surface area contributed by atoms with E-state index in [1.165, 1.54) is 10.6 Å². The highest BCUT2D eigenvalue weighted by atomic mass is 35.5. The number of alkyl halides is 3. The molecule has 1 amide bonds. The van der Waals surface area contributed by atoms with Gasteiger partial charge in [0, 0.05) is 6.54 Å². The number of thioether (sulfide) groups is 1. The minimum absolute atomic E-state index is 0.220. The number of carbonyl (C=O) groups is 1. The molecule has 30 heavy (non-hydrogen) atoms. The van der Waals surface area contributed by atoms with Crippen LogP contribution >= 0.6 is 23.4 Å². The topological polar surface area (TPSA) is 79.8 Å². The number of nitrogens with one attached hydrogen (secondary N) is 2. The van der Waals surface area contributed by atoms with E-state index in [4.69, 9.17) is 11.6 Å². The Bertz CT molecular complexity index is 1080. The lowest BCUT2D eigenvalue weighted by atomic mass is 10.1. The summed E-state index contributed by atoms with van der Waals surface area (Å²) in [6, 6.07) is 12.8. The number of anilines is 1. The molecule has 0 unspecified atom stereocenters.